The minimum Gasteiger partial charge on any atom is -0.493 e. The Labute approximate surface area is 217 Å². The summed E-state index contributed by atoms with van der Waals surface area (Å²) in [6.45, 7) is 4.13. The maximum Gasteiger partial charge on any atom is 0.253 e. The van der Waals surface area contributed by atoms with E-state index in [1.54, 1.807) is 31.4 Å². The summed E-state index contributed by atoms with van der Waals surface area (Å²) in [5.74, 6) is 0.464. The highest BCUT2D eigenvalue weighted by Crippen LogP contribution is 2.31. The Morgan fingerprint density at radius 1 is 0.703 bits per heavy atom. The number of hydrogen-bond donors (Lipinski definition) is 2. The van der Waals surface area contributed by atoms with Crippen molar-refractivity contribution in [1.82, 2.24) is 10.6 Å². The highest BCUT2D eigenvalue weighted by molar-refractivity contribution is 5.98. The first kappa shape index (κ1) is 25.5. The fraction of sp³-hybridized carbons (Fsp3) is 0.161. The van der Waals surface area contributed by atoms with Crippen molar-refractivity contribution in [2.45, 2.75) is 26.6 Å². The maximum absolute atomic E-state index is 13.2. The molecule has 0 unspecified atom stereocenters. The number of benzene rings is 4. The van der Waals surface area contributed by atoms with Crippen LogP contribution >= 0.6 is 0 Å². The normalized spacial score (nSPS) is 10.6. The van der Waals surface area contributed by atoms with Crippen molar-refractivity contribution in [2.24, 2.45) is 0 Å². The highest BCUT2D eigenvalue weighted by Gasteiger charge is 2.22. The van der Waals surface area contributed by atoms with Crippen molar-refractivity contribution < 1.29 is 19.1 Å². The molecule has 0 aliphatic heterocycles. The second-order valence-corrected chi connectivity index (χ2v) is 8.69. The molecule has 4 aromatic rings. The average molecular weight is 495 g/mol. The molecular formula is C31H30N2O4. The summed E-state index contributed by atoms with van der Waals surface area (Å²) < 4.78 is 11.6. The van der Waals surface area contributed by atoms with E-state index in [9.17, 15) is 9.59 Å². The lowest BCUT2D eigenvalue weighted by atomic mass is 10.1. The number of carbonyl (C=O) groups excluding carboxylic acids is 2. The molecule has 6 nitrogen and oxygen atoms in total. The number of rotatable bonds is 9. The minimum atomic E-state index is -0.809. The van der Waals surface area contributed by atoms with Gasteiger partial charge in [0.25, 0.3) is 11.8 Å². The number of carbonyl (C=O) groups is 2. The summed E-state index contributed by atoms with van der Waals surface area (Å²) in [7, 11) is 1.56. The van der Waals surface area contributed by atoms with E-state index in [0.717, 1.165) is 16.7 Å². The summed E-state index contributed by atoms with van der Waals surface area (Å²) in [5, 5.41) is 5.94. The van der Waals surface area contributed by atoms with Gasteiger partial charge in [-0.1, -0.05) is 72.8 Å². The van der Waals surface area contributed by atoms with E-state index in [2.05, 4.69) is 10.6 Å². The van der Waals surface area contributed by atoms with E-state index in [-0.39, 0.29) is 11.8 Å². The molecule has 0 aliphatic carbocycles. The van der Waals surface area contributed by atoms with Gasteiger partial charge >= 0.3 is 0 Å². The molecule has 0 heterocycles. The van der Waals surface area contributed by atoms with Crippen LogP contribution in [0.15, 0.2) is 97.1 Å². The Morgan fingerprint density at radius 3 is 1.78 bits per heavy atom. The van der Waals surface area contributed by atoms with Gasteiger partial charge in [0.05, 0.1) is 7.11 Å². The van der Waals surface area contributed by atoms with Crippen LogP contribution in [0, 0.1) is 13.8 Å². The van der Waals surface area contributed by atoms with Crippen LogP contribution in [0.3, 0.4) is 0 Å². The van der Waals surface area contributed by atoms with Gasteiger partial charge in [-0.25, -0.2) is 0 Å². The molecule has 0 saturated carbocycles. The van der Waals surface area contributed by atoms with Crippen LogP contribution in [0.2, 0.25) is 0 Å². The van der Waals surface area contributed by atoms with Crippen molar-refractivity contribution in [2.75, 3.05) is 7.11 Å². The molecule has 4 rings (SSSR count). The SMILES string of the molecule is COc1cc(C(NC(=O)c2ccccc2C)NC(=O)c2ccccc2C)ccc1OCc1ccccc1. The van der Waals surface area contributed by atoms with Crippen molar-refractivity contribution in [1.29, 1.82) is 0 Å². The van der Waals surface area contributed by atoms with Gasteiger partial charge in [0.2, 0.25) is 0 Å². The molecule has 2 amide bonds. The van der Waals surface area contributed by atoms with Gasteiger partial charge in [0.1, 0.15) is 12.8 Å². The Bertz CT molecular complexity index is 1330. The van der Waals surface area contributed by atoms with E-state index in [0.29, 0.717) is 34.8 Å². The van der Waals surface area contributed by atoms with E-state index >= 15 is 0 Å². The molecule has 6 heteroatoms. The number of hydrogen-bond acceptors (Lipinski definition) is 4. The third-order valence-corrected chi connectivity index (χ3v) is 6.09. The zero-order chi connectivity index (χ0) is 26.2. The minimum absolute atomic E-state index is 0.295. The number of aryl methyl sites for hydroxylation is 2. The molecular weight excluding hydrogens is 464 g/mol. The zero-order valence-corrected chi connectivity index (χ0v) is 21.2. The predicted molar refractivity (Wildman–Crippen MR) is 144 cm³/mol. The van der Waals surface area contributed by atoms with Crippen molar-refractivity contribution >= 4 is 11.8 Å². The Balaban J connectivity index is 1.62. The lowest BCUT2D eigenvalue weighted by Gasteiger charge is -2.23. The second-order valence-electron chi connectivity index (χ2n) is 8.69. The Hall–Kier alpha value is -4.58. The molecule has 4 aromatic carbocycles. The van der Waals surface area contributed by atoms with Gasteiger partial charge in [0.15, 0.2) is 11.5 Å². The summed E-state index contributed by atoms with van der Waals surface area (Å²) in [6.07, 6.45) is -0.809. The second kappa shape index (κ2) is 11.9. The van der Waals surface area contributed by atoms with Gasteiger partial charge in [0, 0.05) is 11.1 Å². The summed E-state index contributed by atoms with van der Waals surface area (Å²) in [5.41, 5.74) is 4.42. The molecule has 188 valence electrons. The fourth-order valence-electron chi connectivity index (χ4n) is 3.99. The van der Waals surface area contributed by atoms with E-state index in [1.807, 2.05) is 86.6 Å². The predicted octanol–water partition coefficient (Wildman–Crippen LogP) is 5.75. The third kappa shape index (κ3) is 6.35. The van der Waals surface area contributed by atoms with Gasteiger partial charge in [-0.2, -0.15) is 0 Å². The van der Waals surface area contributed by atoms with Gasteiger partial charge < -0.3 is 20.1 Å². The van der Waals surface area contributed by atoms with Gasteiger partial charge in [-0.15, -0.1) is 0 Å². The molecule has 0 bridgehead atoms. The molecule has 0 aromatic heterocycles. The molecule has 37 heavy (non-hydrogen) atoms. The van der Waals surface area contributed by atoms with Crippen LogP contribution < -0.4 is 20.1 Å². The first-order valence-electron chi connectivity index (χ1n) is 12.0. The van der Waals surface area contributed by atoms with Crippen LogP contribution in [0.4, 0.5) is 0 Å². The summed E-state index contributed by atoms with van der Waals surface area (Å²) >= 11 is 0. The van der Waals surface area contributed by atoms with Crippen LogP contribution in [0.5, 0.6) is 11.5 Å². The number of nitrogens with one attached hydrogen (secondary N) is 2. The molecule has 0 atom stereocenters. The largest absolute Gasteiger partial charge is 0.493 e. The Morgan fingerprint density at radius 2 is 1.24 bits per heavy atom. The quantitative estimate of drug-likeness (QED) is 0.291. The highest BCUT2D eigenvalue weighted by atomic mass is 16.5. The van der Waals surface area contributed by atoms with E-state index in [4.69, 9.17) is 9.47 Å². The van der Waals surface area contributed by atoms with Crippen LogP contribution in [0.1, 0.15) is 49.1 Å². The molecule has 0 aliphatic rings. The lowest BCUT2D eigenvalue weighted by molar-refractivity contribution is 0.0882. The molecule has 0 saturated heterocycles. The summed E-state index contributed by atoms with van der Waals surface area (Å²) in [4.78, 5) is 26.4. The number of amides is 2. The first-order chi connectivity index (χ1) is 18.0. The van der Waals surface area contributed by atoms with Gasteiger partial charge in [-0.05, 0) is 60.4 Å². The maximum atomic E-state index is 13.2. The summed E-state index contributed by atoms with van der Waals surface area (Å²) in [6, 6.07) is 29.8. The Kier molecular flexibility index (Phi) is 8.21. The van der Waals surface area contributed by atoms with Gasteiger partial charge in [-0.3, -0.25) is 9.59 Å². The zero-order valence-electron chi connectivity index (χ0n) is 21.2. The van der Waals surface area contributed by atoms with Crippen molar-refractivity contribution in [3.8, 4) is 11.5 Å². The molecule has 0 fully saturated rings. The molecule has 2 N–H and O–H groups in total. The van der Waals surface area contributed by atoms with Crippen molar-refractivity contribution in [3.05, 3.63) is 130 Å². The number of methoxy groups -OCH3 is 1. The van der Waals surface area contributed by atoms with Crippen LogP contribution in [-0.2, 0) is 6.61 Å². The molecule has 0 spiro atoms. The van der Waals surface area contributed by atoms with E-state index in [1.165, 1.54) is 0 Å². The van der Waals surface area contributed by atoms with Crippen LogP contribution in [0.25, 0.3) is 0 Å². The first-order valence-corrected chi connectivity index (χ1v) is 12.0. The molecule has 0 radical (unpaired) electrons. The average Bonchev–Trinajstić information content (AvgIpc) is 2.92. The lowest BCUT2D eigenvalue weighted by Crippen LogP contribution is -2.41. The smallest absolute Gasteiger partial charge is 0.253 e. The topological polar surface area (TPSA) is 76.7 Å². The third-order valence-electron chi connectivity index (χ3n) is 6.09. The monoisotopic (exact) mass is 494 g/mol. The van der Waals surface area contributed by atoms with Crippen LogP contribution in [-0.4, -0.2) is 18.9 Å². The standard InChI is InChI=1S/C31H30N2O4/c1-21-11-7-9-15-25(21)30(34)32-29(33-31(35)26-16-10-8-12-22(26)2)24-17-18-27(28(19-24)36-3)37-20-23-13-5-4-6-14-23/h4-19,29H,20H2,1-3H3,(H,32,34)(H,33,35). The van der Waals surface area contributed by atoms with E-state index < -0.39 is 6.17 Å². The fourth-order valence-corrected chi connectivity index (χ4v) is 3.99. The van der Waals surface area contributed by atoms with Crippen molar-refractivity contribution in [3.63, 3.8) is 0 Å². The number of ether oxygens (including phenoxy) is 2.